The first-order chi connectivity index (χ1) is 15.3. The molecule has 2 aromatic heterocycles. The maximum atomic E-state index is 12.9. The number of carbonyl (C=O) groups is 1. The van der Waals surface area contributed by atoms with Crippen molar-refractivity contribution in [3.05, 3.63) is 41.1 Å². The van der Waals surface area contributed by atoms with Crippen LogP contribution in [0.15, 0.2) is 18.3 Å². The number of aromatic nitrogens is 3. The average molecular weight is 448 g/mol. The quantitative estimate of drug-likeness (QED) is 0.714. The summed E-state index contributed by atoms with van der Waals surface area (Å²) in [6.07, 6.45) is -2.50. The summed E-state index contributed by atoms with van der Waals surface area (Å²) in [6, 6.07) is 2.56. The van der Waals surface area contributed by atoms with Crippen LogP contribution in [0.25, 0.3) is 0 Å². The minimum atomic E-state index is -4.50. The molecule has 0 aromatic carbocycles. The minimum Gasteiger partial charge on any atom is -0.444 e. The first-order valence-electron chi connectivity index (χ1n) is 10.6. The van der Waals surface area contributed by atoms with E-state index in [0.717, 1.165) is 48.8 Å². The maximum Gasteiger partial charge on any atom is 0.433 e. The highest BCUT2D eigenvalue weighted by Gasteiger charge is 2.36. The summed E-state index contributed by atoms with van der Waals surface area (Å²) in [6.45, 7) is 5.37. The summed E-state index contributed by atoms with van der Waals surface area (Å²) in [7, 11) is 0. The Morgan fingerprint density at radius 2 is 1.97 bits per heavy atom. The topological polar surface area (TPSA) is 74.7 Å². The first kappa shape index (κ1) is 20.8. The Kier molecular flexibility index (Phi) is 5.06. The highest BCUT2D eigenvalue weighted by atomic mass is 19.4. The molecule has 1 atom stereocenters. The van der Waals surface area contributed by atoms with E-state index in [-0.39, 0.29) is 0 Å². The van der Waals surface area contributed by atoms with Crippen LogP contribution in [0.2, 0.25) is 0 Å². The van der Waals surface area contributed by atoms with E-state index < -0.39 is 24.1 Å². The zero-order chi connectivity index (χ0) is 22.5. The van der Waals surface area contributed by atoms with Gasteiger partial charge in [0.05, 0.1) is 25.3 Å². The highest BCUT2D eigenvalue weighted by Crippen LogP contribution is 2.33. The number of carbonyl (C=O) groups excluding carboxylic acids is 1. The van der Waals surface area contributed by atoms with Gasteiger partial charge in [0.1, 0.15) is 23.4 Å². The van der Waals surface area contributed by atoms with Crippen LogP contribution in [0.1, 0.15) is 35.6 Å². The molecule has 0 saturated carbocycles. The molecule has 2 saturated heterocycles. The van der Waals surface area contributed by atoms with Gasteiger partial charge in [-0.1, -0.05) is 0 Å². The molecule has 0 aliphatic carbocycles. The van der Waals surface area contributed by atoms with Crippen molar-refractivity contribution in [3.63, 3.8) is 0 Å². The monoisotopic (exact) mass is 448 g/mol. The zero-order valence-corrected chi connectivity index (χ0v) is 17.6. The van der Waals surface area contributed by atoms with Crippen molar-refractivity contribution in [2.45, 2.75) is 45.1 Å². The Morgan fingerprint density at radius 3 is 2.69 bits per heavy atom. The van der Waals surface area contributed by atoms with Crippen LogP contribution >= 0.6 is 0 Å². The van der Waals surface area contributed by atoms with E-state index in [9.17, 15) is 18.0 Å². The molecule has 5 heterocycles. The van der Waals surface area contributed by atoms with Crippen LogP contribution in [0.3, 0.4) is 0 Å². The van der Waals surface area contributed by atoms with Gasteiger partial charge in [0.15, 0.2) is 0 Å². The second-order valence-electron chi connectivity index (χ2n) is 8.35. The third-order valence-electron chi connectivity index (χ3n) is 6.10. The Hall–Kier alpha value is -3.11. The van der Waals surface area contributed by atoms with Gasteiger partial charge in [-0.15, -0.1) is 0 Å². The number of fused-ring (bicyclic) bond motifs is 1. The Morgan fingerprint density at radius 1 is 1.16 bits per heavy atom. The number of anilines is 2. The fourth-order valence-corrected chi connectivity index (χ4v) is 4.32. The number of hydrogen-bond donors (Lipinski definition) is 0. The third kappa shape index (κ3) is 3.91. The fraction of sp³-hybridized carbons (Fsp3) is 0.524. The van der Waals surface area contributed by atoms with Gasteiger partial charge < -0.3 is 14.5 Å². The van der Waals surface area contributed by atoms with Gasteiger partial charge in [0, 0.05) is 43.5 Å². The molecule has 2 aromatic rings. The maximum absolute atomic E-state index is 12.9. The second-order valence-corrected chi connectivity index (χ2v) is 8.35. The van der Waals surface area contributed by atoms with Gasteiger partial charge in [-0.25, -0.2) is 14.8 Å². The highest BCUT2D eigenvalue weighted by molar-refractivity contribution is 5.70. The van der Waals surface area contributed by atoms with Crippen molar-refractivity contribution in [1.82, 2.24) is 19.9 Å². The summed E-state index contributed by atoms with van der Waals surface area (Å²) in [5.41, 5.74) is 1.31. The van der Waals surface area contributed by atoms with Crippen LogP contribution in [0.5, 0.6) is 0 Å². The molecule has 0 radical (unpaired) electrons. The van der Waals surface area contributed by atoms with Gasteiger partial charge >= 0.3 is 12.3 Å². The number of alkyl halides is 3. The molecule has 3 aliphatic heterocycles. The van der Waals surface area contributed by atoms with Crippen LogP contribution in [-0.4, -0.2) is 58.2 Å². The minimum absolute atomic E-state index is 0.339. The summed E-state index contributed by atoms with van der Waals surface area (Å²) >= 11 is 0. The molecular formula is C21H23F3N6O2. The van der Waals surface area contributed by atoms with Crippen molar-refractivity contribution in [2.75, 3.05) is 36.0 Å². The van der Waals surface area contributed by atoms with Crippen LogP contribution in [0.4, 0.5) is 29.5 Å². The van der Waals surface area contributed by atoms with E-state index in [1.165, 1.54) is 6.07 Å². The molecule has 170 valence electrons. The van der Waals surface area contributed by atoms with Crippen LogP contribution in [0, 0.1) is 6.92 Å². The van der Waals surface area contributed by atoms with E-state index in [0.29, 0.717) is 44.1 Å². The van der Waals surface area contributed by atoms with Crippen LogP contribution in [-0.2, 0) is 24.0 Å². The van der Waals surface area contributed by atoms with Gasteiger partial charge in [-0.05, 0) is 25.5 Å². The number of aryl methyl sites for hydroxylation is 1. The fourth-order valence-electron chi connectivity index (χ4n) is 4.32. The molecule has 11 heteroatoms. The lowest BCUT2D eigenvalue weighted by Gasteiger charge is -2.33. The molecule has 2 fully saturated rings. The summed E-state index contributed by atoms with van der Waals surface area (Å²) in [5.74, 6) is 1.59. The molecule has 0 bridgehead atoms. The molecule has 8 nitrogen and oxygen atoms in total. The van der Waals surface area contributed by atoms with E-state index in [1.54, 1.807) is 9.80 Å². The molecule has 1 amide bonds. The van der Waals surface area contributed by atoms with Gasteiger partial charge in [-0.2, -0.15) is 13.2 Å². The molecule has 5 rings (SSSR count). The molecule has 3 aliphatic rings. The van der Waals surface area contributed by atoms with Gasteiger partial charge in [0.2, 0.25) is 0 Å². The predicted octanol–water partition coefficient (Wildman–Crippen LogP) is 3.14. The third-order valence-corrected chi connectivity index (χ3v) is 6.10. The molecular weight excluding hydrogens is 425 g/mol. The Bertz CT molecular complexity index is 1040. The number of hydrogen-bond acceptors (Lipinski definition) is 7. The lowest BCUT2D eigenvalue weighted by atomic mass is 10.1. The van der Waals surface area contributed by atoms with E-state index >= 15 is 0 Å². The number of ether oxygens (including phenoxy) is 1. The largest absolute Gasteiger partial charge is 0.444 e. The normalized spacial score (nSPS) is 20.4. The Labute approximate surface area is 183 Å². The summed E-state index contributed by atoms with van der Waals surface area (Å²) < 4.78 is 44.5. The number of pyridine rings is 1. The van der Waals surface area contributed by atoms with Crippen molar-refractivity contribution in [3.8, 4) is 0 Å². The van der Waals surface area contributed by atoms with Crippen molar-refractivity contribution in [1.29, 1.82) is 0 Å². The first-order valence-corrected chi connectivity index (χ1v) is 10.6. The number of amides is 1. The zero-order valence-electron chi connectivity index (χ0n) is 17.6. The number of rotatable bonds is 3. The smallest absolute Gasteiger partial charge is 0.433 e. The predicted molar refractivity (Wildman–Crippen MR) is 109 cm³/mol. The summed E-state index contributed by atoms with van der Waals surface area (Å²) in [4.78, 5) is 30.9. The lowest BCUT2D eigenvalue weighted by molar-refractivity contribution is -0.141. The van der Waals surface area contributed by atoms with Crippen molar-refractivity contribution < 1.29 is 22.7 Å². The van der Waals surface area contributed by atoms with Gasteiger partial charge in [-0.3, -0.25) is 9.88 Å². The molecule has 0 spiro atoms. The lowest BCUT2D eigenvalue weighted by Crippen LogP contribution is -2.38. The SMILES string of the molecule is Cc1nc2c(c(N3CCC3)n1)CN(C(=O)O[C@@H]1CCN(c3ccnc(C(F)(F)F)c3)C1)C2. The number of halogens is 3. The van der Waals surface area contributed by atoms with Gasteiger partial charge in [0.25, 0.3) is 0 Å². The molecule has 0 unspecified atom stereocenters. The Balaban J connectivity index is 1.22. The number of nitrogens with zero attached hydrogens (tertiary/aromatic N) is 6. The molecule has 32 heavy (non-hydrogen) atoms. The van der Waals surface area contributed by atoms with E-state index in [4.69, 9.17) is 4.74 Å². The van der Waals surface area contributed by atoms with Crippen molar-refractivity contribution >= 4 is 17.6 Å². The van der Waals surface area contributed by atoms with E-state index in [2.05, 4.69) is 19.9 Å². The van der Waals surface area contributed by atoms with Crippen LogP contribution < -0.4 is 9.80 Å². The summed E-state index contributed by atoms with van der Waals surface area (Å²) in [5, 5.41) is 0. The van der Waals surface area contributed by atoms with Crippen molar-refractivity contribution in [2.24, 2.45) is 0 Å². The standard InChI is InChI=1S/C21H23F3N6O2/c1-13-26-17-12-30(11-16(17)19(27-13)28-6-2-7-28)20(31)32-15-4-8-29(10-15)14-3-5-25-18(9-14)21(22,23)24/h3,5,9,15H,2,4,6-8,10-12H2,1H3/t15-/m1/s1. The average Bonchev–Trinajstić information content (AvgIpc) is 3.33. The molecule has 0 N–H and O–H groups in total. The second kappa shape index (κ2) is 7.79. The van der Waals surface area contributed by atoms with E-state index in [1.807, 2.05) is 6.92 Å².